The van der Waals surface area contributed by atoms with E-state index in [9.17, 15) is 4.79 Å². The normalized spacial score (nSPS) is 26.8. The Morgan fingerprint density at radius 2 is 1.79 bits per heavy atom. The fourth-order valence-corrected chi connectivity index (χ4v) is 6.51. The van der Waals surface area contributed by atoms with Crippen LogP contribution in [0.15, 0.2) is 30.3 Å². The van der Waals surface area contributed by atoms with Crippen molar-refractivity contribution in [3.63, 3.8) is 0 Å². The van der Waals surface area contributed by atoms with E-state index >= 15 is 0 Å². The van der Waals surface area contributed by atoms with Gasteiger partial charge in [-0.05, 0) is 48.1 Å². The summed E-state index contributed by atoms with van der Waals surface area (Å²) in [6, 6.07) is 11.6. The number of Topliss-reactive ketones (excluding diaryl/α,β-unsaturated/α-hetero) is 1. The van der Waals surface area contributed by atoms with Gasteiger partial charge in [-0.3, -0.25) is 9.69 Å². The third-order valence-electron chi connectivity index (χ3n) is 8.06. The summed E-state index contributed by atoms with van der Waals surface area (Å²) in [6.45, 7) is 4.68. The van der Waals surface area contributed by atoms with Gasteiger partial charge in [0.1, 0.15) is 0 Å². The highest BCUT2D eigenvalue weighted by Gasteiger charge is 2.56. The minimum Gasteiger partial charge on any atom is -0.370 e. The zero-order valence-corrected chi connectivity index (χ0v) is 16.8. The Kier molecular flexibility index (Phi) is 3.84. The second-order valence-electron chi connectivity index (χ2n) is 9.59. The molecule has 0 N–H and O–H groups in total. The molecule has 3 aliphatic carbocycles. The summed E-state index contributed by atoms with van der Waals surface area (Å²) in [4.78, 5) is 17.7. The second kappa shape index (κ2) is 6.32. The Morgan fingerprint density at radius 3 is 2.68 bits per heavy atom. The van der Waals surface area contributed by atoms with E-state index in [0.29, 0.717) is 11.8 Å². The van der Waals surface area contributed by atoms with Gasteiger partial charge >= 0.3 is 0 Å². The molecular weight excluding hydrogens is 344 g/mol. The van der Waals surface area contributed by atoms with Gasteiger partial charge in [0.05, 0.1) is 0 Å². The van der Waals surface area contributed by atoms with E-state index in [1.807, 2.05) is 6.07 Å². The van der Waals surface area contributed by atoms with Crippen LogP contribution in [0.1, 0.15) is 60.9 Å². The number of carbonyl (C=O) groups is 1. The van der Waals surface area contributed by atoms with Crippen molar-refractivity contribution in [3.05, 3.63) is 41.5 Å². The molecule has 1 atom stereocenters. The van der Waals surface area contributed by atoms with Crippen LogP contribution in [0.25, 0.3) is 10.8 Å². The van der Waals surface area contributed by atoms with Crippen molar-refractivity contribution in [2.45, 2.75) is 57.4 Å². The summed E-state index contributed by atoms with van der Waals surface area (Å²) in [5.41, 5.74) is 4.17. The maximum Gasteiger partial charge on any atom is 0.167 e. The molecule has 2 aromatic carbocycles. The Labute approximate surface area is 167 Å². The molecule has 1 heterocycles. The molecule has 3 fully saturated rings. The van der Waals surface area contributed by atoms with Gasteiger partial charge in [-0.25, -0.2) is 0 Å². The van der Waals surface area contributed by atoms with Crippen LogP contribution in [0.2, 0.25) is 0 Å². The number of hydrogen-bond donors (Lipinski definition) is 0. The molecule has 4 aliphatic rings. The van der Waals surface area contributed by atoms with Crippen LogP contribution in [0.3, 0.4) is 0 Å². The highest BCUT2D eigenvalue weighted by molar-refractivity contribution is 6.17. The molecule has 146 valence electrons. The number of ketones is 1. The Hall–Kier alpha value is -1.87. The van der Waals surface area contributed by atoms with E-state index in [1.165, 1.54) is 80.1 Å². The number of benzene rings is 2. The van der Waals surface area contributed by atoms with E-state index in [-0.39, 0.29) is 5.78 Å². The van der Waals surface area contributed by atoms with E-state index in [2.05, 4.69) is 34.1 Å². The van der Waals surface area contributed by atoms with Gasteiger partial charge in [0.25, 0.3) is 0 Å². The van der Waals surface area contributed by atoms with Crippen LogP contribution >= 0.6 is 0 Å². The van der Waals surface area contributed by atoms with E-state index in [1.54, 1.807) is 0 Å². The van der Waals surface area contributed by atoms with Crippen molar-refractivity contribution in [1.29, 1.82) is 0 Å². The molecule has 2 aromatic rings. The first-order valence-electron chi connectivity index (χ1n) is 11.3. The van der Waals surface area contributed by atoms with Crippen molar-refractivity contribution < 1.29 is 4.79 Å². The fraction of sp³-hybridized carbons (Fsp3) is 0.560. The molecule has 28 heavy (non-hydrogen) atoms. The summed E-state index contributed by atoms with van der Waals surface area (Å²) in [5.74, 6) is 0.284. The molecule has 1 saturated heterocycles. The first kappa shape index (κ1) is 17.0. The molecule has 0 bridgehead atoms. The fourth-order valence-electron chi connectivity index (χ4n) is 6.51. The molecule has 1 spiro atoms. The summed E-state index contributed by atoms with van der Waals surface area (Å²) in [6.07, 6.45) is 10.6. The maximum atomic E-state index is 12.3. The molecule has 0 aromatic heterocycles. The quantitative estimate of drug-likeness (QED) is 0.753. The lowest BCUT2D eigenvalue weighted by atomic mass is 9.85. The van der Waals surface area contributed by atoms with Gasteiger partial charge in [0, 0.05) is 55.3 Å². The minimum atomic E-state index is 0.284. The zero-order chi connectivity index (χ0) is 18.7. The predicted octanol–water partition coefficient (Wildman–Crippen LogP) is 4.81. The van der Waals surface area contributed by atoms with Crippen molar-refractivity contribution in [2.75, 3.05) is 31.1 Å². The van der Waals surface area contributed by atoms with Gasteiger partial charge in [-0.2, -0.15) is 0 Å². The topological polar surface area (TPSA) is 23.6 Å². The lowest BCUT2D eigenvalue weighted by Gasteiger charge is -2.29. The maximum absolute atomic E-state index is 12.3. The molecule has 6 rings (SSSR count). The average Bonchev–Trinajstić information content (AvgIpc) is 3.37. The van der Waals surface area contributed by atoms with Crippen LogP contribution in [-0.2, 0) is 6.42 Å². The third kappa shape index (κ3) is 2.55. The van der Waals surface area contributed by atoms with Crippen LogP contribution in [0, 0.1) is 5.41 Å². The molecular formula is C25H30N2O. The summed E-state index contributed by atoms with van der Waals surface area (Å²) < 4.78 is 0. The minimum absolute atomic E-state index is 0.284. The molecule has 0 amide bonds. The van der Waals surface area contributed by atoms with Crippen molar-refractivity contribution in [2.24, 2.45) is 5.41 Å². The monoisotopic (exact) mass is 374 g/mol. The zero-order valence-electron chi connectivity index (χ0n) is 16.8. The molecule has 3 nitrogen and oxygen atoms in total. The lowest BCUT2D eigenvalue weighted by Crippen LogP contribution is -2.35. The lowest BCUT2D eigenvalue weighted by molar-refractivity contribution is 0.1000. The predicted molar refractivity (Wildman–Crippen MR) is 114 cm³/mol. The Balaban J connectivity index is 1.25. The van der Waals surface area contributed by atoms with Crippen LogP contribution in [-0.4, -0.2) is 42.9 Å². The number of nitrogens with zero attached hydrogens (tertiary/aromatic N) is 2. The number of rotatable bonds is 2. The Bertz CT molecular complexity index is 943. The highest BCUT2D eigenvalue weighted by atomic mass is 16.1. The second-order valence-corrected chi connectivity index (χ2v) is 9.59. The van der Waals surface area contributed by atoms with Gasteiger partial charge in [0.2, 0.25) is 0 Å². The third-order valence-corrected chi connectivity index (χ3v) is 8.06. The first-order chi connectivity index (χ1) is 13.8. The summed E-state index contributed by atoms with van der Waals surface area (Å²) in [5, 5.41) is 2.50. The number of carbonyl (C=O) groups excluding carboxylic acids is 1. The molecule has 1 aliphatic heterocycles. The SMILES string of the molecule is O=C1Cc2ccc(N3CCCN(C4CC45CCCCC5)CC3)c3cccc1c23. The number of hydrogen-bond acceptors (Lipinski definition) is 3. The van der Waals surface area contributed by atoms with Crippen LogP contribution in [0.5, 0.6) is 0 Å². The average molecular weight is 375 g/mol. The van der Waals surface area contributed by atoms with Gasteiger partial charge < -0.3 is 4.90 Å². The molecule has 1 unspecified atom stereocenters. The Morgan fingerprint density at radius 1 is 0.893 bits per heavy atom. The van der Waals surface area contributed by atoms with E-state index in [0.717, 1.165) is 24.7 Å². The van der Waals surface area contributed by atoms with Crippen molar-refractivity contribution in [3.8, 4) is 0 Å². The van der Waals surface area contributed by atoms with Gasteiger partial charge in [0.15, 0.2) is 5.78 Å². The molecule has 2 saturated carbocycles. The van der Waals surface area contributed by atoms with Crippen LogP contribution in [0.4, 0.5) is 5.69 Å². The van der Waals surface area contributed by atoms with Gasteiger partial charge in [-0.15, -0.1) is 0 Å². The number of anilines is 1. The summed E-state index contributed by atoms with van der Waals surface area (Å²) in [7, 11) is 0. The largest absolute Gasteiger partial charge is 0.370 e. The molecule has 3 heteroatoms. The van der Waals surface area contributed by atoms with Crippen molar-refractivity contribution in [1.82, 2.24) is 4.90 Å². The smallest absolute Gasteiger partial charge is 0.167 e. The first-order valence-corrected chi connectivity index (χ1v) is 11.3. The van der Waals surface area contributed by atoms with Crippen molar-refractivity contribution >= 4 is 22.2 Å². The molecule has 0 radical (unpaired) electrons. The van der Waals surface area contributed by atoms with Crippen LogP contribution < -0.4 is 4.90 Å². The van der Waals surface area contributed by atoms with Gasteiger partial charge in [-0.1, -0.05) is 43.5 Å². The highest BCUT2D eigenvalue weighted by Crippen LogP contribution is 2.58. The summed E-state index contributed by atoms with van der Waals surface area (Å²) >= 11 is 0. The van der Waals surface area contributed by atoms with E-state index < -0.39 is 0 Å². The standard InChI is InChI=1S/C25H30N2O/c28-22-16-18-8-9-21(19-6-4-7-20(22)24(18)19)26-12-5-13-27(15-14-26)23-17-25(23)10-2-1-3-11-25/h4,6-9,23H,1-3,5,10-17H2. The van der Waals surface area contributed by atoms with E-state index in [4.69, 9.17) is 0 Å².